The van der Waals surface area contributed by atoms with Crippen LogP contribution in [0.2, 0.25) is 5.15 Å². The minimum Gasteiger partial charge on any atom is -0.372 e. The van der Waals surface area contributed by atoms with E-state index < -0.39 is 0 Å². The summed E-state index contributed by atoms with van der Waals surface area (Å²) in [5.74, 6) is 0. The third-order valence-corrected chi connectivity index (χ3v) is 4.63. The van der Waals surface area contributed by atoms with Crippen LogP contribution in [0.1, 0.15) is 18.7 Å². The normalized spacial score (nSPS) is 10.3. The molecule has 8 heteroatoms. The Labute approximate surface area is 155 Å². The molecule has 0 amide bonds. The van der Waals surface area contributed by atoms with Gasteiger partial charge in [0, 0.05) is 18.8 Å². The van der Waals surface area contributed by atoms with Crippen molar-refractivity contribution in [3.8, 4) is 12.1 Å². The van der Waals surface area contributed by atoms with E-state index in [0.717, 1.165) is 30.1 Å². The lowest BCUT2D eigenvalue weighted by Gasteiger charge is -2.20. The van der Waals surface area contributed by atoms with E-state index in [-0.39, 0.29) is 10.7 Å². The lowest BCUT2D eigenvalue weighted by molar-refractivity contribution is 0.866. The number of aromatic nitrogens is 1. The van der Waals surface area contributed by atoms with Gasteiger partial charge in [-0.05, 0) is 44.2 Å². The van der Waals surface area contributed by atoms with E-state index in [4.69, 9.17) is 22.1 Å². The molecule has 6 nitrogen and oxygen atoms in total. The molecule has 25 heavy (non-hydrogen) atoms. The molecule has 2 aromatic rings. The van der Waals surface area contributed by atoms with Crippen LogP contribution in [0.25, 0.3) is 6.08 Å². The van der Waals surface area contributed by atoms with Crippen molar-refractivity contribution in [2.45, 2.75) is 13.8 Å². The van der Waals surface area contributed by atoms with Crippen LogP contribution in [0.15, 0.2) is 40.1 Å². The quantitative estimate of drug-likeness (QED) is 0.496. The van der Waals surface area contributed by atoms with E-state index in [1.807, 2.05) is 24.3 Å². The molecule has 1 heterocycles. The van der Waals surface area contributed by atoms with Gasteiger partial charge in [-0.2, -0.15) is 10.5 Å². The Morgan fingerprint density at radius 2 is 1.84 bits per heavy atom. The van der Waals surface area contributed by atoms with Crippen molar-refractivity contribution in [3.05, 3.63) is 39.9 Å². The first-order valence-corrected chi connectivity index (χ1v) is 8.75. The highest BCUT2D eigenvalue weighted by Gasteiger charge is 2.08. The summed E-state index contributed by atoms with van der Waals surface area (Å²) in [6.45, 7) is 6.11. The number of thiazole rings is 1. The van der Waals surface area contributed by atoms with Crippen LogP contribution in [0.5, 0.6) is 0 Å². The van der Waals surface area contributed by atoms with Gasteiger partial charge in [-0.15, -0.1) is 10.2 Å². The first-order valence-electron chi connectivity index (χ1n) is 7.56. The molecule has 1 aromatic heterocycles. The molecule has 2 rings (SSSR count). The van der Waals surface area contributed by atoms with Crippen LogP contribution in [0.4, 0.5) is 16.5 Å². The average molecular weight is 371 g/mol. The molecule has 0 atom stereocenters. The van der Waals surface area contributed by atoms with Crippen molar-refractivity contribution >= 4 is 45.5 Å². The number of allylic oxidation sites excluding steroid dienone is 1. The van der Waals surface area contributed by atoms with E-state index in [1.165, 1.54) is 6.08 Å². The molecular formula is C17H15ClN6S. The van der Waals surface area contributed by atoms with Crippen molar-refractivity contribution in [2.24, 2.45) is 10.2 Å². The summed E-state index contributed by atoms with van der Waals surface area (Å²) >= 11 is 7.16. The molecule has 0 fully saturated rings. The second kappa shape index (κ2) is 8.93. The summed E-state index contributed by atoms with van der Waals surface area (Å²) in [6.07, 6.45) is 1.39. The third kappa shape index (κ3) is 4.87. The molecule has 0 unspecified atom stereocenters. The maximum Gasteiger partial charge on any atom is 0.231 e. The van der Waals surface area contributed by atoms with E-state index in [1.54, 1.807) is 12.1 Å². The molecule has 0 saturated heterocycles. The molecule has 0 aliphatic carbocycles. The molecule has 0 aliphatic heterocycles. The highest BCUT2D eigenvalue weighted by molar-refractivity contribution is 7.16. The standard InChI is InChI=1S/C17H15ClN6S/c1-3-24(4-2)14-7-5-13(6-8-14)22-23-17-21-16(18)15(25-17)9-12(10-19)11-20/h5-9H,3-4H2,1-2H3. The number of nitrogens with zero attached hydrogens (tertiary/aromatic N) is 6. The van der Waals surface area contributed by atoms with Crippen LogP contribution >= 0.6 is 22.9 Å². The molecule has 0 bridgehead atoms. The zero-order valence-electron chi connectivity index (χ0n) is 13.8. The van der Waals surface area contributed by atoms with Gasteiger partial charge in [0.25, 0.3) is 0 Å². The van der Waals surface area contributed by atoms with E-state index in [9.17, 15) is 0 Å². The second-order valence-corrected chi connectivity index (χ2v) is 6.19. The monoisotopic (exact) mass is 370 g/mol. The van der Waals surface area contributed by atoms with Crippen LogP contribution in [0.3, 0.4) is 0 Å². The fraction of sp³-hybridized carbons (Fsp3) is 0.235. The molecular weight excluding hydrogens is 356 g/mol. The molecule has 126 valence electrons. The van der Waals surface area contributed by atoms with Gasteiger partial charge >= 0.3 is 0 Å². The minimum atomic E-state index is -0.0407. The number of halogens is 1. The highest BCUT2D eigenvalue weighted by atomic mass is 35.5. The minimum absolute atomic E-state index is 0.0407. The predicted molar refractivity (Wildman–Crippen MR) is 101 cm³/mol. The fourth-order valence-corrected chi connectivity index (χ4v) is 3.10. The highest BCUT2D eigenvalue weighted by Crippen LogP contribution is 2.32. The fourth-order valence-electron chi connectivity index (χ4n) is 2.07. The van der Waals surface area contributed by atoms with Crippen LogP contribution in [0, 0.1) is 22.7 Å². The SMILES string of the molecule is CCN(CC)c1ccc(N=Nc2nc(Cl)c(C=C(C#N)C#N)s2)cc1. The Morgan fingerprint density at radius 1 is 1.20 bits per heavy atom. The Hall–Kier alpha value is -2.74. The largest absolute Gasteiger partial charge is 0.372 e. The summed E-state index contributed by atoms with van der Waals surface area (Å²) < 4.78 is 0. The van der Waals surface area contributed by atoms with Gasteiger partial charge in [0.1, 0.15) is 22.9 Å². The number of benzene rings is 1. The molecule has 0 radical (unpaired) electrons. The van der Waals surface area contributed by atoms with Gasteiger partial charge in [-0.1, -0.05) is 22.9 Å². The van der Waals surface area contributed by atoms with Crippen molar-refractivity contribution in [1.29, 1.82) is 10.5 Å². The number of azo groups is 1. The molecule has 0 spiro atoms. The van der Waals surface area contributed by atoms with E-state index in [2.05, 4.69) is 34.0 Å². The van der Waals surface area contributed by atoms with Crippen LogP contribution in [-0.2, 0) is 0 Å². The zero-order valence-corrected chi connectivity index (χ0v) is 15.3. The van der Waals surface area contributed by atoms with Gasteiger partial charge in [0.05, 0.1) is 10.6 Å². The Kier molecular flexibility index (Phi) is 6.64. The molecule has 1 aromatic carbocycles. The third-order valence-electron chi connectivity index (χ3n) is 3.34. The number of anilines is 1. The van der Waals surface area contributed by atoms with Gasteiger partial charge in [0.15, 0.2) is 0 Å². The zero-order chi connectivity index (χ0) is 18.2. The summed E-state index contributed by atoms with van der Waals surface area (Å²) in [7, 11) is 0. The summed E-state index contributed by atoms with van der Waals surface area (Å²) in [4.78, 5) is 6.81. The lowest BCUT2D eigenvalue weighted by Crippen LogP contribution is -2.21. The summed E-state index contributed by atoms with van der Waals surface area (Å²) in [6, 6.07) is 11.3. The topological polar surface area (TPSA) is 88.4 Å². The Bertz CT molecular complexity index is 850. The van der Waals surface area contributed by atoms with Crippen LogP contribution in [-0.4, -0.2) is 18.1 Å². The van der Waals surface area contributed by atoms with Gasteiger partial charge in [0.2, 0.25) is 5.13 Å². The summed E-state index contributed by atoms with van der Waals surface area (Å²) in [5.41, 5.74) is 1.80. The number of hydrogen-bond donors (Lipinski definition) is 0. The van der Waals surface area contributed by atoms with E-state index >= 15 is 0 Å². The predicted octanol–water partition coefficient (Wildman–Crippen LogP) is 5.49. The van der Waals surface area contributed by atoms with Crippen molar-refractivity contribution in [1.82, 2.24) is 4.98 Å². The van der Waals surface area contributed by atoms with Gasteiger partial charge in [-0.25, -0.2) is 4.98 Å². The first-order chi connectivity index (χ1) is 12.1. The Morgan fingerprint density at radius 3 is 2.40 bits per heavy atom. The molecule has 0 aliphatic rings. The van der Waals surface area contributed by atoms with Gasteiger partial charge < -0.3 is 4.90 Å². The van der Waals surface area contributed by atoms with Gasteiger partial charge in [-0.3, -0.25) is 0 Å². The van der Waals surface area contributed by atoms with Crippen molar-refractivity contribution in [3.63, 3.8) is 0 Å². The van der Waals surface area contributed by atoms with E-state index in [0.29, 0.717) is 15.7 Å². The Balaban J connectivity index is 2.16. The first kappa shape index (κ1) is 18.6. The number of rotatable bonds is 6. The average Bonchev–Trinajstić information content (AvgIpc) is 2.99. The maximum atomic E-state index is 8.79. The number of hydrogen-bond acceptors (Lipinski definition) is 7. The lowest BCUT2D eigenvalue weighted by atomic mass is 10.2. The summed E-state index contributed by atoms with van der Waals surface area (Å²) in [5, 5.41) is 26.4. The second-order valence-electron chi connectivity index (χ2n) is 4.82. The molecule has 0 N–H and O–H groups in total. The smallest absolute Gasteiger partial charge is 0.231 e. The van der Waals surface area contributed by atoms with Crippen molar-refractivity contribution < 1.29 is 0 Å². The van der Waals surface area contributed by atoms with Crippen LogP contribution < -0.4 is 4.90 Å². The molecule has 0 saturated carbocycles. The maximum absolute atomic E-state index is 8.79. The van der Waals surface area contributed by atoms with Crippen molar-refractivity contribution in [2.75, 3.05) is 18.0 Å². The number of nitriles is 2.